The summed E-state index contributed by atoms with van der Waals surface area (Å²) in [5.74, 6) is 0.501. The van der Waals surface area contributed by atoms with Gasteiger partial charge in [0.1, 0.15) is 10.7 Å². The molecule has 0 spiro atoms. The Bertz CT molecular complexity index is 602. The average molecular weight is 259 g/mol. The molecule has 0 bridgehead atoms. The van der Waals surface area contributed by atoms with Crippen LogP contribution in [0.2, 0.25) is 5.02 Å². The SMILES string of the molecule is O=S(=O)(O)c1cc(-c2ccco2)ccc1Cl. The van der Waals surface area contributed by atoms with Gasteiger partial charge in [0, 0.05) is 5.56 Å². The van der Waals surface area contributed by atoms with Crippen LogP contribution in [0.1, 0.15) is 0 Å². The van der Waals surface area contributed by atoms with E-state index in [1.807, 2.05) is 0 Å². The third-order valence-electron chi connectivity index (χ3n) is 2.01. The zero-order chi connectivity index (χ0) is 11.8. The molecule has 0 aliphatic heterocycles. The van der Waals surface area contributed by atoms with Gasteiger partial charge in [0.05, 0.1) is 11.3 Å². The molecule has 2 rings (SSSR count). The smallest absolute Gasteiger partial charge is 0.296 e. The van der Waals surface area contributed by atoms with Gasteiger partial charge < -0.3 is 4.42 Å². The van der Waals surface area contributed by atoms with Crippen molar-refractivity contribution in [2.45, 2.75) is 4.90 Å². The van der Waals surface area contributed by atoms with Crippen molar-refractivity contribution in [1.29, 1.82) is 0 Å². The van der Waals surface area contributed by atoms with Gasteiger partial charge in [0.2, 0.25) is 0 Å². The topological polar surface area (TPSA) is 67.5 Å². The van der Waals surface area contributed by atoms with Crippen LogP contribution in [-0.4, -0.2) is 13.0 Å². The van der Waals surface area contributed by atoms with Crippen LogP contribution in [0.25, 0.3) is 11.3 Å². The summed E-state index contributed by atoms with van der Waals surface area (Å²) in [5.41, 5.74) is 0.530. The molecule has 0 radical (unpaired) electrons. The minimum absolute atomic E-state index is 0.0298. The highest BCUT2D eigenvalue weighted by atomic mass is 35.5. The van der Waals surface area contributed by atoms with E-state index in [1.165, 1.54) is 18.4 Å². The zero-order valence-electron chi connectivity index (χ0n) is 7.92. The summed E-state index contributed by atoms with van der Waals surface area (Å²) < 4.78 is 36.1. The van der Waals surface area contributed by atoms with Crippen LogP contribution in [0.15, 0.2) is 45.9 Å². The second-order valence-corrected chi connectivity index (χ2v) is 4.89. The molecule has 1 heterocycles. The van der Waals surface area contributed by atoms with Crippen LogP contribution in [0.4, 0.5) is 0 Å². The normalized spacial score (nSPS) is 11.6. The van der Waals surface area contributed by atoms with Crippen molar-refractivity contribution in [1.82, 2.24) is 0 Å². The fourth-order valence-electron chi connectivity index (χ4n) is 1.30. The van der Waals surface area contributed by atoms with Crippen molar-refractivity contribution in [3.8, 4) is 11.3 Å². The highest BCUT2D eigenvalue weighted by Gasteiger charge is 2.16. The molecule has 0 unspecified atom stereocenters. The Kier molecular flexibility index (Phi) is 2.75. The average Bonchev–Trinajstić information content (AvgIpc) is 2.69. The summed E-state index contributed by atoms with van der Waals surface area (Å²) in [7, 11) is -4.32. The Balaban J connectivity index is 2.61. The molecule has 1 aromatic carbocycles. The summed E-state index contributed by atoms with van der Waals surface area (Å²) in [6, 6.07) is 7.61. The molecule has 0 aliphatic carbocycles. The molecule has 6 heteroatoms. The first-order chi connectivity index (χ1) is 7.48. The number of hydrogen-bond acceptors (Lipinski definition) is 3. The van der Waals surface area contributed by atoms with Crippen LogP contribution in [0, 0.1) is 0 Å². The van der Waals surface area contributed by atoms with Gasteiger partial charge in [-0.15, -0.1) is 0 Å². The summed E-state index contributed by atoms with van der Waals surface area (Å²) in [6.45, 7) is 0. The zero-order valence-corrected chi connectivity index (χ0v) is 9.49. The lowest BCUT2D eigenvalue weighted by Crippen LogP contribution is -1.99. The number of benzene rings is 1. The Morgan fingerprint density at radius 2 is 2.00 bits per heavy atom. The number of halogens is 1. The van der Waals surface area contributed by atoms with Gasteiger partial charge in [0.25, 0.3) is 10.1 Å². The van der Waals surface area contributed by atoms with E-state index in [9.17, 15) is 8.42 Å². The lowest BCUT2D eigenvalue weighted by molar-refractivity contribution is 0.483. The van der Waals surface area contributed by atoms with Gasteiger partial charge in [0.15, 0.2) is 0 Å². The summed E-state index contributed by atoms with van der Waals surface area (Å²) in [4.78, 5) is -0.330. The number of rotatable bonds is 2. The van der Waals surface area contributed by atoms with Gasteiger partial charge in [-0.25, -0.2) is 0 Å². The van der Waals surface area contributed by atoms with Gasteiger partial charge in [-0.1, -0.05) is 11.6 Å². The molecule has 0 saturated carbocycles. The monoisotopic (exact) mass is 258 g/mol. The lowest BCUT2D eigenvalue weighted by Gasteiger charge is -2.03. The molecule has 0 aliphatic rings. The predicted octanol–water partition coefficient (Wildman–Crippen LogP) is 2.85. The van der Waals surface area contributed by atoms with Gasteiger partial charge in [-0.2, -0.15) is 8.42 Å². The first-order valence-corrected chi connectivity index (χ1v) is 6.11. The van der Waals surface area contributed by atoms with Gasteiger partial charge in [-0.05, 0) is 30.3 Å². The fraction of sp³-hybridized carbons (Fsp3) is 0. The van der Waals surface area contributed by atoms with Crippen molar-refractivity contribution >= 4 is 21.7 Å². The van der Waals surface area contributed by atoms with Gasteiger partial charge >= 0.3 is 0 Å². The maximum Gasteiger partial charge on any atom is 0.296 e. The Labute approximate surface area is 97.2 Å². The van der Waals surface area contributed by atoms with Gasteiger partial charge in [-0.3, -0.25) is 4.55 Å². The van der Waals surface area contributed by atoms with E-state index in [2.05, 4.69) is 0 Å². The van der Waals surface area contributed by atoms with E-state index in [0.29, 0.717) is 11.3 Å². The molecule has 1 N–H and O–H groups in total. The Hall–Kier alpha value is -1.30. The lowest BCUT2D eigenvalue weighted by atomic mass is 10.2. The maximum atomic E-state index is 11.0. The van der Waals surface area contributed by atoms with E-state index in [4.69, 9.17) is 20.6 Å². The number of hydrogen-bond donors (Lipinski definition) is 1. The molecule has 0 atom stereocenters. The summed E-state index contributed by atoms with van der Waals surface area (Å²) in [5, 5.41) is -0.0298. The third-order valence-corrected chi connectivity index (χ3v) is 3.35. The van der Waals surface area contributed by atoms with Crippen LogP contribution in [-0.2, 0) is 10.1 Å². The van der Waals surface area contributed by atoms with Crippen LogP contribution in [0.3, 0.4) is 0 Å². The van der Waals surface area contributed by atoms with Crippen LogP contribution >= 0.6 is 11.6 Å². The molecular formula is C10H7ClO4S. The molecule has 2 aromatic rings. The Morgan fingerprint density at radius 3 is 2.56 bits per heavy atom. The van der Waals surface area contributed by atoms with Crippen molar-refractivity contribution in [3.05, 3.63) is 41.6 Å². The molecule has 0 saturated heterocycles. The maximum absolute atomic E-state index is 11.0. The second-order valence-electron chi connectivity index (χ2n) is 3.10. The predicted molar refractivity (Wildman–Crippen MR) is 59.0 cm³/mol. The summed E-state index contributed by atoms with van der Waals surface area (Å²) in [6.07, 6.45) is 1.47. The number of furan rings is 1. The minimum atomic E-state index is -4.32. The standard InChI is InChI=1S/C10H7ClO4S/c11-8-4-3-7(9-2-1-5-15-9)6-10(8)16(12,13)14/h1-6H,(H,12,13,14). The third kappa shape index (κ3) is 2.11. The highest BCUT2D eigenvalue weighted by molar-refractivity contribution is 7.86. The largest absolute Gasteiger partial charge is 0.464 e. The Morgan fingerprint density at radius 1 is 1.25 bits per heavy atom. The molecular weight excluding hydrogens is 252 g/mol. The second kappa shape index (κ2) is 3.93. The quantitative estimate of drug-likeness (QED) is 0.841. The molecule has 4 nitrogen and oxygen atoms in total. The first-order valence-electron chi connectivity index (χ1n) is 4.29. The van der Waals surface area contributed by atoms with Crippen molar-refractivity contribution in [2.75, 3.05) is 0 Å². The first kappa shape index (κ1) is 11.2. The molecule has 84 valence electrons. The van der Waals surface area contributed by atoms with Crippen LogP contribution in [0.5, 0.6) is 0 Å². The minimum Gasteiger partial charge on any atom is -0.464 e. The molecule has 1 aromatic heterocycles. The summed E-state index contributed by atoms with van der Waals surface area (Å²) >= 11 is 5.67. The van der Waals surface area contributed by atoms with E-state index in [-0.39, 0.29) is 9.92 Å². The van der Waals surface area contributed by atoms with E-state index in [1.54, 1.807) is 18.2 Å². The molecule has 16 heavy (non-hydrogen) atoms. The van der Waals surface area contributed by atoms with E-state index >= 15 is 0 Å². The fourth-order valence-corrected chi connectivity index (χ4v) is 2.30. The van der Waals surface area contributed by atoms with E-state index in [0.717, 1.165) is 0 Å². The van der Waals surface area contributed by atoms with Crippen LogP contribution < -0.4 is 0 Å². The van der Waals surface area contributed by atoms with E-state index < -0.39 is 10.1 Å². The molecule has 0 fully saturated rings. The van der Waals surface area contributed by atoms with Crippen molar-refractivity contribution in [3.63, 3.8) is 0 Å². The van der Waals surface area contributed by atoms with Crippen molar-refractivity contribution < 1.29 is 17.4 Å². The van der Waals surface area contributed by atoms with Crippen molar-refractivity contribution in [2.24, 2.45) is 0 Å². The molecule has 0 amide bonds. The highest BCUT2D eigenvalue weighted by Crippen LogP contribution is 2.28.